The first-order chi connectivity index (χ1) is 12.3. The number of methoxy groups -OCH3 is 2. The Balaban J connectivity index is 2.15. The summed E-state index contributed by atoms with van der Waals surface area (Å²) < 4.78 is 37.7. The van der Waals surface area contributed by atoms with Crippen LogP contribution in [0.25, 0.3) is 0 Å². The summed E-state index contributed by atoms with van der Waals surface area (Å²) in [5.41, 5.74) is 1.52. The van der Waals surface area contributed by atoms with Crippen LogP contribution in [0.3, 0.4) is 0 Å². The predicted molar refractivity (Wildman–Crippen MR) is 99.1 cm³/mol. The van der Waals surface area contributed by atoms with Crippen LogP contribution in [0.2, 0.25) is 0 Å². The minimum Gasteiger partial charge on any atom is -0.493 e. The van der Waals surface area contributed by atoms with Crippen LogP contribution < -0.4 is 19.5 Å². The number of para-hydroxylation sites is 1. The topological polar surface area (TPSA) is 93.7 Å². The van der Waals surface area contributed by atoms with E-state index >= 15 is 0 Å². The lowest BCUT2D eigenvalue weighted by molar-refractivity contribution is -0.117. The van der Waals surface area contributed by atoms with Gasteiger partial charge in [-0.05, 0) is 37.6 Å². The molecular formula is C18H22N2O5S. The molecule has 0 aromatic heterocycles. The molecule has 0 unspecified atom stereocenters. The van der Waals surface area contributed by atoms with E-state index in [1.54, 1.807) is 12.1 Å². The highest BCUT2D eigenvalue weighted by atomic mass is 32.2. The maximum absolute atomic E-state index is 12.5. The van der Waals surface area contributed by atoms with Crippen LogP contribution in [-0.2, 0) is 14.8 Å². The molecule has 0 fully saturated rings. The predicted octanol–water partition coefficient (Wildman–Crippen LogP) is 2.32. The Morgan fingerprint density at radius 3 is 2.31 bits per heavy atom. The zero-order chi connectivity index (χ0) is 19.3. The van der Waals surface area contributed by atoms with Crippen molar-refractivity contribution in [2.24, 2.45) is 0 Å². The minimum absolute atomic E-state index is 0.0225. The summed E-state index contributed by atoms with van der Waals surface area (Å²) in [4.78, 5) is 12.3. The molecule has 0 radical (unpaired) electrons. The first-order valence-electron chi connectivity index (χ1n) is 7.89. The van der Waals surface area contributed by atoms with Crippen LogP contribution >= 0.6 is 0 Å². The highest BCUT2D eigenvalue weighted by Gasteiger charge is 2.23. The summed E-state index contributed by atoms with van der Waals surface area (Å²) in [6, 6.07) is 10.5. The molecule has 0 saturated heterocycles. The van der Waals surface area contributed by atoms with E-state index < -0.39 is 22.0 Å². The molecule has 0 aliphatic carbocycles. The first-order valence-corrected chi connectivity index (χ1v) is 9.37. The maximum Gasteiger partial charge on any atom is 0.242 e. The Kier molecular flexibility index (Phi) is 6.23. The third kappa shape index (κ3) is 4.53. The van der Waals surface area contributed by atoms with Gasteiger partial charge in [-0.25, -0.2) is 8.42 Å². The normalized spacial score (nSPS) is 12.3. The van der Waals surface area contributed by atoms with Gasteiger partial charge in [0, 0.05) is 11.8 Å². The van der Waals surface area contributed by atoms with E-state index in [4.69, 9.17) is 9.47 Å². The van der Waals surface area contributed by atoms with Crippen LogP contribution in [-0.4, -0.2) is 34.6 Å². The van der Waals surface area contributed by atoms with E-state index in [2.05, 4.69) is 10.0 Å². The molecule has 140 valence electrons. The number of sulfonamides is 1. The molecule has 0 heterocycles. The third-order valence-corrected chi connectivity index (χ3v) is 5.33. The fourth-order valence-corrected chi connectivity index (χ4v) is 3.51. The molecule has 7 nitrogen and oxygen atoms in total. The molecule has 8 heteroatoms. The molecule has 0 bridgehead atoms. The van der Waals surface area contributed by atoms with E-state index in [-0.39, 0.29) is 10.6 Å². The highest BCUT2D eigenvalue weighted by Crippen LogP contribution is 2.29. The molecule has 2 aromatic rings. The lowest BCUT2D eigenvalue weighted by atomic mass is 10.2. The number of carbonyl (C=O) groups excluding carboxylic acids is 1. The van der Waals surface area contributed by atoms with Crippen molar-refractivity contribution in [1.29, 1.82) is 0 Å². The number of rotatable bonds is 7. The van der Waals surface area contributed by atoms with Gasteiger partial charge in [0.1, 0.15) is 0 Å². The maximum atomic E-state index is 12.5. The van der Waals surface area contributed by atoms with E-state index in [0.29, 0.717) is 11.4 Å². The van der Waals surface area contributed by atoms with Gasteiger partial charge in [-0.1, -0.05) is 18.2 Å². The number of hydrogen-bond donors (Lipinski definition) is 2. The van der Waals surface area contributed by atoms with Crippen molar-refractivity contribution >= 4 is 21.6 Å². The molecule has 2 rings (SSSR count). The fraction of sp³-hybridized carbons (Fsp3) is 0.278. The van der Waals surface area contributed by atoms with Crippen molar-refractivity contribution in [1.82, 2.24) is 4.72 Å². The van der Waals surface area contributed by atoms with Crippen molar-refractivity contribution in [3.63, 3.8) is 0 Å². The zero-order valence-electron chi connectivity index (χ0n) is 15.1. The van der Waals surface area contributed by atoms with Crippen LogP contribution in [0.15, 0.2) is 47.4 Å². The van der Waals surface area contributed by atoms with Gasteiger partial charge in [0.05, 0.1) is 25.2 Å². The number of ether oxygens (including phenoxy) is 2. The fourth-order valence-electron chi connectivity index (χ4n) is 2.29. The Bertz CT molecular complexity index is 896. The Morgan fingerprint density at radius 1 is 1.04 bits per heavy atom. The number of anilines is 1. The third-order valence-electron chi connectivity index (χ3n) is 3.79. The quantitative estimate of drug-likeness (QED) is 0.771. The standard InChI is InChI=1S/C18H22N2O5S/c1-12-7-5-6-8-15(12)19-18(21)13(2)20-26(22,23)14-9-10-16(24-3)17(11-14)25-4/h5-11,13,20H,1-4H3,(H,19,21)/t13-/m0/s1. The number of aryl methyl sites for hydroxylation is 1. The summed E-state index contributed by atoms with van der Waals surface area (Å²) in [6.45, 7) is 3.33. The smallest absolute Gasteiger partial charge is 0.242 e. The number of carbonyl (C=O) groups is 1. The summed E-state index contributed by atoms with van der Waals surface area (Å²) in [7, 11) is -1.03. The summed E-state index contributed by atoms with van der Waals surface area (Å²) in [6.07, 6.45) is 0. The van der Waals surface area contributed by atoms with Gasteiger partial charge in [-0.3, -0.25) is 4.79 Å². The zero-order valence-corrected chi connectivity index (χ0v) is 15.9. The molecule has 0 spiro atoms. The second-order valence-electron chi connectivity index (χ2n) is 5.66. The number of benzene rings is 2. The van der Waals surface area contributed by atoms with Crippen LogP contribution in [0.4, 0.5) is 5.69 Å². The van der Waals surface area contributed by atoms with E-state index in [9.17, 15) is 13.2 Å². The Labute approximate surface area is 153 Å². The van der Waals surface area contributed by atoms with Crippen molar-refractivity contribution in [3.8, 4) is 11.5 Å². The van der Waals surface area contributed by atoms with Crippen molar-refractivity contribution in [2.45, 2.75) is 24.8 Å². The first kappa shape index (κ1) is 19.7. The van der Waals surface area contributed by atoms with Gasteiger partial charge >= 0.3 is 0 Å². The van der Waals surface area contributed by atoms with E-state index in [1.165, 1.54) is 39.3 Å². The molecule has 1 atom stereocenters. The van der Waals surface area contributed by atoms with Crippen molar-refractivity contribution < 1.29 is 22.7 Å². The van der Waals surface area contributed by atoms with Crippen LogP contribution in [0, 0.1) is 6.92 Å². The van der Waals surface area contributed by atoms with Crippen LogP contribution in [0.1, 0.15) is 12.5 Å². The van der Waals surface area contributed by atoms with Crippen molar-refractivity contribution in [2.75, 3.05) is 19.5 Å². The molecule has 0 saturated carbocycles. The molecular weight excluding hydrogens is 356 g/mol. The van der Waals surface area contributed by atoms with Crippen LogP contribution in [0.5, 0.6) is 11.5 Å². The lowest BCUT2D eigenvalue weighted by Crippen LogP contribution is -2.41. The SMILES string of the molecule is COc1ccc(S(=O)(=O)N[C@@H](C)C(=O)Nc2ccccc2C)cc1OC. The Hall–Kier alpha value is -2.58. The van der Waals surface area contributed by atoms with Gasteiger partial charge in [-0.15, -0.1) is 0 Å². The molecule has 1 amide bonds. The number of amides is 1. The summed E-state index contributed by atoms with van der Waals surface area (Å²) >= 11 is 0. The second kappa shape index (κ2) is 8.20. The molecule has 0 aliphatic heterocycles. The van der Waals surface area contributed by atoms with Gasteiger partial charge in [0.15, 0.2) is 11.5 Å². The van der Waals surface area contributed by atoms with E-state index in [1.807, 2.05) is 19.1 Å². The lowest BCUT2D eigenvalue weighted by Gasteiger charge is -2.16. The molecule has 0 aliphatic rings. The minimum atomic E-state index is -3.91. The summed E-state index contributed by atoms with van der Waals surface area (Å²) in [5, 5.41) is 2.71. The van der Waals surface area contributed by atoms with E-state index in [0.717, 1.165) is 5.56 Å². The number of hydrogen-bond acceptors (Lipinski definition) is 5. The average molecular weight is 378 g/mol. The van der Waals surface area contributed by atoms with Gasteiger partial charge in [0.2, 0.25) is 15.9 Å². The molecule has 2 aromatic carbocycles. The van der Waals surface area contributed by atoms with Gasteiger partial charge in [-0.2, -0.15) is 4.72 Å². The number of nitrogens with one attached hydrogen (secondary N) is 2. The largest absolute Gasteiger partial charge is 0.493 e. The summed E-state index contributed by atoms with van der Waals surface area (Å²) in [5.74, 6) is 0.243. The van der Waals surface area contributed by atoms with Gasteiger partial charge < -0.3 is 14.8 Å². The second-order valence-corrected chi connectivity index (χ2v) is 7.38. The molecule has 2 N–H and O–H groups in total. The monoisotopic (exact) mass is 378 g/mol. The van der Waals surface area contributed by atoms with Gasteiger partial charge in [0.25, 0.3) is 0 Å². The highest BCUT2D eigenvalue weighted by molar-refractivity contribution is 7.89. The molecule has 26 heavy (non-hydrogen) atoms. The Morgan fingerprint density at radius 2 is 1.69 bits per heavy atom. The van der Waals surface area contributed by atoms with Crippen molar-refractivity contribution in [3.05, 3.63) is 48.0 Å². The average Bonchev–Trinajstić information content (AvgIpc) is 2.62.